The lowest BCUT2D eigenvalue weighted by Crippen LogP contribution is -2.24. The Morgan fingerprint density at radius 2 is 1.37 bits per heavy atom. The van der Waals surface area contributed by atoms with Crippen molar-refractivity contribution in [1.82, 2.24) is 0 Å². The highest BCUT2D eigenvalue weighted by molar-refractivity contribution is 5.96. The second-order valence-electron chi connectivity index (χ2n) is 7.76. The van der Waals surface area contributed by atoms with E-state index in [1.807, 2.05) is 53.5 Å². The van der Waals surface area contributed by atoms with Crippen molar-refractivity contribution >= 4 is 11.6 Å². The van der Waals surface area contributed by atoms with Crippen LogP contribution in [0.3, 0.4) is 0 Å². The van der Waals surface area contributed by atoms with Gasteiger partial charge in [-0.05, 0) is 29.2 Å². The van der Waals surface area contributed by atoms with Crippen molar-refractivity contribution in [3.05, 3.63) is 102 Å². The number of ether oxygens (including phenoxy) is 1. The number of hydrazone groups is 1. The van der Waals surface area contributed by atoms with Crippen LogP contribution < -0.4 is 5.01 Å². The van der Waals surface area contributed by atoms with Crippen molar-refractivity contribution in [1.29, 1.82) is 0 Å². The molecule has 0 saturated carbocycles. The predicted octanol–water partition coefficient (Wildman–Crippen LogP) is 5.88. The lowest BCUT2D eigenvalue weighted by molar-refractivity contribution is 0.217. The SMILES string of the molecule is CC(C)(C)c1ccccc1N1N=C(c2ccccc2)OC1c1ccccc1. The molecule has 0 radical (unpaired) electrons. The number of para-hydroxylation sites is 1. The molecule has 1 aliphatic rings. The molecule has 0 aliphatic carbocycles. The summed E-state index contributed by atoms with van der Waals surface area (Å²) in [5.74, 6) is 0.646. The first kappa shape index (κ1) is 17.3. The van der Waals surface area contributed by atoms with E-state index in [0.717, 1.165) is 16.8 Å². The van der Waals surface area contributed by atoms with Gasteiger partial charge in [0.25, 0.3) is 0 Å². The van der Waals surface area contributed by atoms with Crippen LogP contribution in [0.25, 0.3) is 0 Å². The van der Waals surface area contributed by atoms with E-state index in [2.05, 4.69) is 57.2 Å². The van der Waals surface area contributed by atoms with Crippen LogP contribution in [0.4, 0.5) is 5.69 Å². The molecule has 1 atom stereocenters. The van der Waals surface area contributed by atoms with Crippen molar-refractivity contribution < 1.29 is 4.74 Å². The number of rotatable bonds is 3. The van der Waals surface area contributed by atoms with E-state index in [0.29, 0.717) is 5.90 Å². The minimum absolute atomic E-state index is 0.00283. The second-order valence-corrected chi connectivity index (χ2v) is 7.76. The highest BCUT2D eigenvalue weighted by atomic mass is 16.5. The molecular weight excluding hydrogens is 332 g/mol. The molecule has 0 spiro atoms. The van der Waals surface area contributed by atoms with Gasteiger partial charge in [0, 0.05) is 11.1 Å². The van der Waals surface area contributed by atoms with Gasteiger partial charge in [0.1, 0.15) is 0 Å². The molecule has 0 saturated heterocycles. The molecule has 136 valence electrons. The van der Waals surface area contributed by atoms with E-state index < -0.39 is 0 Å². The molecule has 1 heterocycles. The summed E-state index contributed by atoms with van der Waals surface area (Å²) < 4.78 is 6.34. The number of anilines is 1. The zero-order valence-electron chi connectivity index (χ0n) is 16.0. The summed E-state index contributed by atoms with van der Waals surface area (Å²) in [4.78, 5) is 0. The van der Waals surface area contributed by atoms with Crippen LogP contribution in [0, 0.1) is 0 Å². The third-order valence-electron chi connectivity index (χ3n) is 4.71. The Balaban J connectivity index is 1.83. The number of nitrogens with zero attached hydrogens (tertiary/aromatic N) is 2. The average molecular weight is 356 g/mol. The first-order chi connectivity index (χ1) is 13.0. The van der Waals surface area contributed by atoms with Crippen LogP contribution >= 0.6 is 0 Å². The standard InChI is InChI=1S/C24H24N2O/c1-24(2,3)20-16-10-11-17-21(20)26-23(19-14-8-5-9-15-19)27-22(25-26)18-12-6-4-7-13-18/h4-17,23H,1-3H3. The third-order valence-corrected chi connectivity index (χ3v) is 4.71. The van der Waals surface area contributed by atoms with Gasteiger partial charge < -0.3 is 4.74 Å². The lowest BCUT2D eigenvalue weighted by Gasteiger charge is -2.29. The first-order valence-electron chi connectivity index (χ1n) is 9.28. The minimum atomic E-state index is -0.287. The highest BCUT2D eigenvalue weighted by Crippen LogP contribution is 2.39. The third kappa shape index (κ3) is 3.45. The van der Waals surface area contributed by atoms with Crippen molar-refractivity contribution in [2.75, 3.05) is 5.01 Å². The number of benzene rings is 3. The zero-order chi connectivity index (χ0) is 18.9. The molecule has 27 heavy (non-hydrogen) atoms. The van der Waals surface area contributed by atoms with Crippen molar-refractivity contribution in [3.8, 4) is 0 Å². The lowest BCUT2D eigenvalue weighted by atomic mass is 9.85. The Kier molecular flexibility index (Phi) is 4.44. The van der Waals surface area contributed by atoms with Gasteiger partial charge in [0.2, 0.25) is 12.1 Å². The molecule has 3 heteroatoms. The average Bonchev–Trinajstić information content (AvgIpc) is 3.14. The molecule has 0 N–H and O–H groups in total. The molecule has 3 aromatic carbocycles. The molecule has 0 fully saturated rings. The van der Waals surface area contributed by atoms with Gasteiger partial charge in [0.05, 0.1) is 5.69 Å². The molecule has 1 aliphatic heterocycles. The minimum Gasteiger partial charge on any atom is -0.446 e. The van der Waals surface area contributed by atoms with Crippen LogP contribution in [0.15, 0.2) is 90.0 Å². The Labute approximate surface area is 160 Å². The van der Waals surface area contributed by atoms with Gasteiger partial charge in [-0.15, -0.1) is 5.10 Å². The van der Waals surface area contributed by atoms with E-state index in [4.69, 9.17) is 9.84 Å². The van der Waals surface area contributed by atoms with Gasteiger partial charge in [-0.1, -0.05) is 87.5 Å². The first-order valence-corrected chi connectivity index (χ1v) is 9.28. The fourth-order valence-electron chi connectivity index (χ4n) is 3.35. The van der Waals surface area contributed by atoms with Crippen LogP contribution in [0.5, 0.6) is 0 Å². The molecule has 0 bridgehead atoms. The predicted molar refractivity (Wildman–Crippen MR) is 111 cm³/mol. The Morgan fingerprint density at radius 1 is 0.778 bits per heavy atom. The van der Waals surface area contributed by atoms with E-state index in [1.54, 1.807) is 0 Å². The monoisotopic (exact) mass is 356 g/mol. The van der Waals surface area contributed by atoms with Crippen molar-refractivity contribution in [2.45, 2.75) is 32.4 Å². The van der Waals surface area contributed by atoms with E-state index in [-0.39, 0.29) is 11.6 Å². The van der Waals surface area contributed by atoms with Crippen LogP contribution in [0.1, 0.15) is 43.7 Å². The van der Waals surface area contributed by atoms with E-state index in [1.165, 1.54) is 5.56 Å². The molecule has 3 nitrogen and oxygen atoms in total. The molecule has 3 aromatic rings. The van der Waals surface area contributed by atoms with Gasteiger partial charge in [0.15, 0.2) is 0 Å². The quantitative estimate of drug-likeness (QED) is 0.585. The number of hydrogen-bond donors (Lipinski definition) is 0. The largest absolute Gasteiger partial charge is 0.446 e. The fourth-order valence-corrected chi connectivity index (χ4v) is 3.35. The maximum Gasteiger partial charge on any atom is 0.241 e. The van der Waals surface area contributed by atoms with Crippen LogP contribution in [-0.2, 0) is 10.2 Å². The van der Waals surface area contributed by atoms with Gasteiger partial charge in [-0.3, -0.25) is 0 Å². The van der Waals surface area contributed by atoms with Crippen molar-refractivity contribution in [3.63, 3.8) is 0 Å². The topological polar surface area (TPSA) is 24.8 Å². The summed E-state index contributed by atoms with van der Waals surface area (Å²) in [7, 11) is 0. The van der Waals surface area contributed by atoms with E-state index >= 15 is 0 Å². The summed E-state index contributed by atoms with van der Waals surface area (Å²) in [6.45, 7) is 6.67. The molecule has 0 amide bonds. The maximum absolute atomic E-state index is 6.34. The Morgan fingerprint density at radius 3 is 2.04 bits per heavy atom. The summed E-state index contributed by atoms with van der Waals surface area (Å²) in [5, 5.41) is 6.90. The van der Waals surface area contributed by atoms with Crippen molar-refractivity contribution in [2.24, 2.45) is 5.10 Å². The Bertz CT molecular complexity index is 943. The van der Waals surface area contributed by atoms with E-state index in [9.17, 15) is 0 Å². The summed E-state index contributed by atoms with van der Waals surface area (Å²) in [5.41, 5.74) is 4.38. The van der Waals surface area contributed by atoms with Gasteiger partial charge >= 0.3 is 0 Å². The molecule has 4 rings (SSSR count). The summed E-state index contributed by atoms with van der Waals surface area (Å²) >= 11 is 0. The van der Waals surface area contributed by atoms with Gasteiger partial charge in [-0.25, -0.2) is 5.01 Å². The normalized spacial score (nSPS) is 16.8. The highest BCUT2D eigenvalue weighted by Gasteiger charge is 2.34. The fraction of sp³-hybridized carbons (Fsp3) is 0.208. The maximum atomic E-state index is 6.34. The zero-order valence-corrected chi connectivity index (χ0v) is 16.0. The molecule has 0 aromatic heterocycles. The Hall–Kier alpha value is -3.07. The van der Waals surface area contributed by atoms with Crippen LogP contribution in [0.2, 0.25) is 0 Å². The summed E-state index contributed by atoms with van der Waals surface area (Å²) in [6, 6.07) is 28.8. The van der Waals surface area contributed by atoms with Crippen LogP contribution in [-0.4, -0.2) is 5.90 Å². The second kappa shape index (κ2) is 6.92. The summed E-state index contributed by atoms with van der Waals surface area (Å²) in [6.07, 6.45) is -0.287. The van der Waals surface area contributed by atoms with Gasteiger partial charge in [-0.2, -0.15) is 0 Å². The molecular formula is C24H24N2O. The molecule has 1 unspecified atom stereocenters. The number of hydrogen-bond acceptors (Lipinski definition) is 3. The smallest absolute Gasteiger partial charge is 0.241 e.